The van der Waals surface area contributed by atoms with E-state index >= 15 is 0 Å². The molecule has 100 valence electrons. The van der Waals surface area contributed by atoms with Crippen LogP contribution in [0.25, 0.3) is 0 Å². The van der Waals surface area contributed by atoms with E-state index < -0.39 is 0 Å². The Bertz CT molecular complexity index is 502. The lowest BCUT2D eigenvalue weighted by molar-refractivity contribution is 0.406. The number of para-hydroxylation sites is 1. The van der Waals surface area contributed by atoms with E-state index in [1.807, 2.05) is 30.6 Å². The molecule has 4 nitrogen and oxygen atoms in total. The summed E-state index contributed by atoms with van der Waals surface area (Å²) >= 11 is 0. The van der Waals surface area contributed by atoms with E-state index in [4.69, 9.17) is 4.74 Å². The topological polar surface area (TPSA) is 47.0 Å². The van der Waals surface area contributed by atoms with Gasteiger partial charge in [-0.25, -0.2) is 9.97 Å². The highest BCUT2D eigenvalue weighted by molar-refractivity contribution is 5.33. The van der Waals surface area contributed by atoms with Crippen molar-refractivity contribution >= 4 is 0 Å². The lowest BCUT2D eigenvalue weighted by Crippen LogP contribution is -2.27. The Labute approximate surface area is 113 Å². The van der Waals surface area contributed by atoms with Gasteiger partial charge in [-0.15, -0.1) is 0 Å². The quantitative estimate of drug-likeness (QED) is 0.862. The molecule has 0 spiro atoms. The van der Waals surface area contributed by atoms with Crippen LogP contribution in [0.4, 0.5) is 0 Å². The van der Waals surface area contributed by atoms with E-state index in [2.05, 4.69) is 28.3 Å². The summed E-state index contributed by atoms with van der Waals surface area (Å²) in [6.07, 6.45) is 6.13. The van der Waals surface area contributed by atoms with E-state index in [1.165, 1.54) is 5.56 Å². The zero-order valence-electron chi connectivity index (χ0n) is 11.3. The Hall–Kier alpha value is -1.94. The average Bonchev–Trinajstić information content (AvgIpc) is 2.47. The summed E-state index contributed by atoms with van der Waals surface area (Å²) in [4.78, 5) is 8.01. The first-order valence-corrected chi connectivity index (χ1v) is 6.38. The number of hydrogen-bond acceptors (Lipinski definition) is 4. The third-order valence-electron chi connectivity index (χ3n) is 2.99. The number of nitrogens with zero attached hydrogens (tertiary/aromatic N) is 2. The van der Waals surface area contributed by atoms with Crippen LogP contribution in [0.5, 0.6) is 5.75 Å². The summed E-state index contributed by atoms with van der Waals surface area (Å²) in [5.41, 5.74) is 2.31. The fourth-order valence-corrected chi connectivity index (χ4v) is 1.99. The standard InChI is InChI=1S/C15H19N3O/c1-12(18-10-13-8-16-11-17-9-13)7-14-5-3-4-6-15(14)19-2/h3-6,8-9,11-12,18H,7,10H2,1-2H3. The van der Waals surface area contributed by atoms with Crippen LogP contribution in [0, 0.1) is 0 Å². The van der Waals surface area contributed by atoms with Gasteiger partial charge in [-0.3, -0.25) is 0 Å². The highest BCUT2D eigenvalue weighted by Gasteiger charge is 2.07. The fourth-order valence-electron chi connectivity index (χ4n) is 1.99. The second-order valence-electron chi connectivity index (χ2n) is 4.54. The van der Waals surface area contributed by atoms with E-state index in [0.717, 1.165) is 24.3 Å². The molecule has 2 rings (SSSR count). The second-order valence-corrected chi connectivity index (χ2v) is 4.54. The Morgan fingerprint density at radius 3 is 2.68 bits per heavy atom. The predicted molar refractivity (Wildman–Crippen MR) is 75.0 cm³/mol. The maximum Gasteiger partial charge on any atom is 0.122 e. The summed E-state index contributed by atoms with van der Waals surface area (Å²) in [7, 11) is 1.71. The molecule has 19 heavy (non-hydrogen) atoms. The summed E-state index contributed by atoms with van der Waals surface area (Å²) < 4.78 is 5.36. The van der Waals surface area contributed by atoms with Crippen molar-refractivity contribution in [3.05, 3.63) is 54.1 Å². The highest BCUT2D eigenvalue weighted by Crippen LogP contribution is 2.18. The van der Waals surface area contributed by atoms with Crippen LogP contribution in [0.2, 0.25) is 0 Å². The lowest BCUT2D eigenvalue weighted by atomic mass is 10.1. The van der Waals surface area contributed by atoms with Crippen molar-refractivity contribution < 1.29 is 4.74 Å². The third-order valence-corrected chi connectivity index (χ3v) is 2.99. The Balaban J connectivity index is 1.89. The molecule has 1 aromatic heterocycles. The van der Waals surface area contributed by atoms with Crippen LogP contribution in [0.15, 0.2) is 43.0 Å². The van der Waals surface area contributed by atoms with Crippen molar-refractivity contribution in [2.75, 3.05) is 7.11 Å². The number of methoxy groups -OCH3 is 1. The van der Waals surface area contributed by atoms with Gasteiger partial charge in [0.05, 0.1) is 7.11 Å². The monoisotopic (exact) mass is 257 g/mol. The third kappa shape index (κ3) is 4.03. The molecule has 1 heterocycles. The van der Waals surface area contributed by atoms with Gasteiger partial charge >= 0.3 is 0 Å². The van der Waals surface area contributed by atoms with Crippen LogP contribution in [0.1, 0.15) is 18.1 Å². The van der Waals surface area contributed by atoms with Gasteiger partial charge in [0.15, 0.2) is 0 Å². The molecular formula is C15H19N3O. The Morgan fingerprint density at radius 2 is 1.95 bits per heavy atom. The van der Waals surface area contributed by atoms with Gasteiger partial charge in [0, 0.05) is 30.5 Å². The van der Waals surface area contributed by atoms with Crippen molar-refractivity contribution in [1.29, 1.82) is 0 Å². The molecule has 4 heteroatoms. The first kappa shape index (κ1) is 13.5. The van der Waals surface area contributed by atoms with Crippen molar-refractivity contribution in [2.45, 2.75) is 25.9 Å². The predicted octanol–water partition coefficient (Wildman–Crippen LogP) is 2.21. The molecule has 0 fully saturated rings. The van der Waals surface area contributed by atoms with Gasteiger partial charge < -0.3 is 10.1 Å². The molecule has 2 aromatic rings. The molecule has 0 amide bonds. The summed E-state index contributed by atoms with van der Waals surface area (Å²) in [6, 6.07) is 8.48. The Morgan fingerprint density at radius 1 is 1.21 bits per heavy atom. The van der Waals surface area contributed by atoms with Gasteiger partial charge in [-0.1, -0.05) is 18.2 Å². The molecule has 0 radical (unpaired) electrons. The normalized spacial score (nSPS) is 12.1. The zero-order valence-corrected chi connectivity index (χ0v) is 11.3. The van der Waals surface area contributed by atoms with Gasteiger partial charge in [-0.05, 0) is 25.0 Å². The van der Waals surface area contributed by atoms with Gasteiger partial charge in [0.25, 0.3) is 0 Å². The maximum absolute atomic E-state index is 5.36. The number of nitrogens with one attached hydrogen (secondary N) is 1. The molecule has 0 saturated carbocycles. The van der Waals surface area contributed by atoms with Crippen molar-refractivity contribution in [2.24, 2.45) is 0 Å². The molecule has 1 atom stereocenters. The minimum atomic E-state index is 0.358. The lowest BCUT2D eigenvalue weighted by Gasteiger charge is -2.15. The van der Waals surface area contributed by atoms with Crippen LogP contribution in [-0.2, 0) is 13.0 Å². The molecular weight excluding hydrogens is 238 g/mol. The molecule has 0 saturated heterocycles. The number of hydrogen-bond donors (Lipinski definition) is 1. The maximum atomic E-state index is 5.36. The van der Waals surface area contributed by atoms with E-state index in [9.17, 15) is 0 Å². The number of benzene rings is 1. The van der Waals surface area contributed by atoms with Crippen LogP contribution >= 0.6 is 0 Å². The van der Waals surface area contributed by atoms with Crippen LogP contribution in [-0.4, -0.2) is 23.1 Å². The highest BCUT2D eigenvalue weighted by atomic mass is 16.5. The van der Waals surface area contributed by atoms with E-state index in [0.29, 0.717) is 6.04 Å². The summed E-state index contributed by atoms with van der Waals surface area (Å²) in [5, 5.41) is 3.46. The fraction of sp³-hybridized carbons (Fsp3) is 0.333. The van der Waals surface area contributed by atoms with E-state index in [-0.39, 0.29) is 0 Å². The SMILES string of the molecule is COc1ccccc1CC(C)NCc1cncnc1. The van der Waals surface area contributed by atoms with Crippen LogP contribution < -0.4 is 10.1 Å². The molecule has 1 unspecified atom stereocenters. The van der Waals surface area contributed by atoms with Crippen LogP contribution in [0.3, 0.4) is 0 Å². The molecule has 1 N–H and O–H groups in total. The first-order chi connectivity index (χ1) is 9.29. The molecule has 0 aliphatic rings. The average molecular weight is 257 g/mol. The minimum absolute atomic E-state index is 0.358. The number of aromatic nitrogens is 2. The second kappa shape index (κ2) is 6.85. The Kier molecular flexibility index (Phi) is 4.86. The van der Waals surface area contributed by atoms with Crippen molar-refractivity contribution in [3.63, 3.8) is 0 Å². The van der Waals surface area contributed by atoms with Gasteiger partial charge in [0.2, 0.25) is 0 Å². The molecule has 1 aromatic carbocycles. The molecule has 0 bridgehead atoms. The minimum Gasteiger partial charge on any atom is -0.496 e. The first-order valence-electron chi connectivity index (χ1n) is 6.38. The molecule has 0 aliphatic carbocycles. The summed E-state index contributed by atoms with van der Waals surface area (Å²) in [5.74, 6) is 0.944. The number of rotatable bonds is 6. The molecule has 0 aliphatic heterocycles. The van der Waals surface area contributed by atoms with Gasteiger partial charge in [-0.2, -0.15) is 0 Å². The number of ether oxygens (including phenoxy) is 1. The van der Waals surface area contributed by atoms with Gasteiger partial charge in [0.1, 0.15) is 12.1 Å². The van der Waals surface area contributed by atoms with Crippen molar-refractivity contribution in [1.82, 2.24) is 15.3 Å². The van der Waals surface area contributed by atoms with Crippen molar-refractivity contribution in [3.8, 4) is 5.75 Å². The smallest absolute Gasteiger partial charge is 0.122 e. The summed E-state index contributed by atoms with van der Waals surface area (Å²) in [6.45, 7) is 2.94. The zero-order chi connectivity index (χ0) is 13.5. The largest absolute Gasteiger partial charge is 0.496 e. The van der Waals surface area contributed by atoms with E-state index in [1.54, 1.807) is 13.4 Å².